The van der Waals surface area contributed by atoms with Crippen LogP contribution in [-0.2, 0) is 17.7 Å². The highest BCUT2D eigenvalue weighted by molar-refractivity contribution is 6.04. The lowest BCUT2D eigenvalue weighted by Crippen LogP contribution is -2.23. The summed E-state index contributed by atoms with van der Waals surface area (Å²) in [5.41, 5.74) is 2.83. The summed E-state index contributed by atoms with van der Waals surface area (Å²) in [6, 6.07) is 8.86. The minimum Gasteiger partial charge on any atom is -0.490 e. The molecule has 0 fully saturated rings. The summed E-state index contributed by atoms with van der Waals surface area (Å²) in [6.07, 6.45) is 1.97. The average Bonchev–Trinajstić information content (AvgIpc) is 2.99. The Morgan fingerprint density at radius 3 is 2.96 bits per heavy atom. The Morgan fingerprint density at radius 2 is 2.16 bits per heavy atom. The summed E-state index contributed by atoms with van der Waals surface area (Å²) >= 11 is 0. The summed E-state index contributed by atoms with van der Waals surface area (Å²) in [6.45, 7) is 2.20. The maximum absolute atomic E-state index is 12.4. The van der Waals surface area contributed by atoms with Crippen molar-refractivity contribution in [3.05, 3.63) is 53.3 Å². The van der Waals surface area contributed by atoms with Crippen LogP contribution >= 0.6 is 0 Å². The minimum absolute atomic E-state index is 0.158. The van der Waals surface area contributed by atoms with Gasteiger partial charge in [0.25, 0.3) is 5.91 Å². The number of benzene rings is 1. The Balaban J connectivity index is 1.67. The van der Waals surface area contributed by atoms with Gasteiger partial charge in [0, 0.05) is 23.9 Å². The normalized spacial score (nSPS) is 15.0. The molecular weight excluding hydrogens is 322 g/mol. The zero-order chi connectivity index (χ0) is 17.8. The van der Waals surface area contributed by atoms with E-state index in [0.29, 0.717) is 16.9 Å². The number of aromatic nitrogens is 1. The fourth-order valence-corrected chi connectivity index (χ4v) is 2.65. The number of hydrogen-bond donors (Lipinski definition) is 2. The summed E-state index contributed by atoms with van der Waals surface area (Å²) in [7, 11) is 1.29. The molecule has 0 bridgehead atoms. The van der Waals surface area contributed by atoms with Gasteiger partial charge in [0.2, 0.25) is 0 Å². The van der Waals surface area contributed by atoms with Gasteiger partial charge < -0.3 is 20.1 Å². The van der Waals surface area contributed by atoms with Gasteiger partial charge in [-0.15, -0.1) is 0 Å². The Kier molecular flexibility index (Phi) is 4.83. The smallest absolute Gasteiger partial charge is 0.407 e. The van der Waals surface area contributed by atoms with E-state index in [4.69, 9.17) is 4.74 Å². The van der Waals surface area contributed by atoms with Crippen molar-refractivity contribution in [2.45, 2.75) is 26.0 Å². The van der Waals surface area contributed by atoms with Crippen LogP contribution in [0.25, 0.3) is 0 Å². The van der Waals surface area contributed by atoms with E-state index in [1.54, 1.807) is 12.1 Å². The summed E-state index contributed by atoms with van der Waals surface area (Å²) in [4.78, 5) is 27.7. The standard InChI is InChI=1S/C18H19N3O4/c1-11-7-13-9-14(3-4-16(13)25-11)21-17(22)12-5-6-19-15(8-12)10-20-18(23)24-2/h3-6,8-9,11H,7,10H2,1-2H3,(H,20,23)(H,21,22). The quantitative estimate of drug-likeness (QED) is 0.892. The van der Waals surface area contributed by atoms with Crippen LogP contribution < -0.4 is 15.4 Å². The molecule has 130 valence electrons. The van der Waals surface area contributed by atoms with Gasteiger partial charge in [0.15, 0.2) is 0 Å². The molecule has 0 spiro atoms. The van der Waals surface area contributed by atoms with E-state index in [9.17, 15) is 9.59 Å². The second-order valence-electron chi connectivity index (χ2n) is 5.79. The van der Waals surface area contributed by atoms with Crippen LogP contribution in [0, 0.1) is 0 Å². The van der Waals surface area contributed by atoms with Crippen molar-refractivity contribution in [1.29, 1.82) is 0 Å². The molecule has 0 aliphatic carbocycles. The Morgan fingerprint density at radius 1 is 1.32 bits per heavy atom. The first kappa shape index (κ1) is 16.8. The number of fused-ring (bicyclic) bond motifs is 1. The largest absolute Gasteiger partial charge is 0.490 e. The third-order valence-electron chi connectivity index (χ3n) is 3.83. The molecule has 0 saturated carbocycles. The second kappa shape index (κ2) is 7.21. The van der Waals surface area contributed by atoms with Crippen LogP contribution in [0.4, 0.5) is 10.5 Å². The van der Waals surface area contributed by atoms with Crippen molar-refractivity contribution in [3.63, 3.8) is 0 Å². The minimum atomic E-state index is -0.550. The second-order valence-corrected chi connectivity index (χ2v) is 5.79. The molecule has 7 nitrogen and oxygen atoms in total. The third kappa shape index (κ3) is 4.06. The van der Waals surface area contributed by atoms with E-state index in [2.05, 4.69) is 20.4 Å². The molecule has 25 heavy (non-hydrogen) atoms. The van der Waals surface area contributed by atoms with E-state index < -0.39 is 6.09 Å². The molecule has 1 unspecified atom stereocenters. The number of pyridine rings is 1. The van der Waals surface area contributed by atoms with E-state index in [1.165, 1.54) is 13.3 Å². The highest BCUT2D eigenvalue weighted by Gasteiger charge is 2.19. The van der Waals surface area contributed by atoms with Crippen molar-refractivity contribution >= 4 is 17.7 Å². The van der Waals surface area contributed by atoms with Crippen molar-refractivity contribution in [2.24, 2.45) is 0 Å². The number of ether oxygens (including phenoxy) is 2. The van der Waals surface area contributed by atoms with E-state index in [0.717, 1.165) is 17.7 Å². The Labute approximate surface area is 145 Å². The predicted octanol–water partition coefficient (Wildman–Crippen LogP) is 2.51. The molecule has 0 saturated heterocycles. The number of amides is 2. The number of alkyl carbamates (subject to hydrolysis) is 1. The number of hydrogen-bond acceptors (Lipinski definition) is 5. The molecule has 1 aliphatic rings. The van der Waals surface area contributed by atoms with Gasteiger partial charge in [0.1, 0.15) is 11.9 Å². The monoisotopic (exact) mass is 341 g/mol. The molecule has 2 amide bonds. The van der Waals surface area contributed by atoms with Gasteiger partial charge >= 0.3 is 6.09 Å². The van der Waals surface area contributed by atoms with Crippen molar-refractivity contribution in [1.82, 2.24) is 10.3 Å². The molecule has 0 radical (unpaired) electrons. The highest BCUT2D eigenvalue weighted by atomic mass is 16.5. The van der Waals surface area contributed by atoms with E-state index in [1.807, 2.05) is 25.1 Å². The number of nitrogens with zero attached hydrogens (tertiary/aromatic N) is 1. The first-order valence-corrected chi connectivity index (χ1v) is 7.93. The summed E-state index contributed by atoms with van der Waals surface area (Å²) in [5, 5.41) is 5.40. The van der Waals surface area contributed by atoms with E-state index >= 15 is 0 Å². The molecule has 2 aromatic rings. The molecular formula is C18H19N3O4. The van der Waals surface area contributed by atoms with Crippen LogP contribution in [0.5, 0.6) is 5.75 Å². The maximum Gasteiger partial charge on any atom is 0.407 e. The lowest BCUT2D eigenvalue weighted by molar-refractivity contribution is 0.102. The number of carbonyl (C=O) groups is 2. The molecule has 1 aromatic heterocycles. The summed E-state index contributed by atoms with van der Waals surface area (Å²) < 4.78 is 10.2. The number of methoxy groups -OCH3 is 1. The average molecular weight is 341 g/mol. The van der Waals surface area contributed by atoms with Gasteiger partial charge in [-0.05, 0) is 42.8 Å². The fraction of sp³-hybridized carbons (Fsp3) is 0.278. The van der Waals surface area contributed by atoms with Crippen LogP contribution in [0.3, 0.4) is 0 Å². The third-order valence-corrected chi connectivity index (χ3v) is 3.83. The van der Waals surface area contributed by atoms with Gasteiger partial charge in [-0.1, -0.05) is 0 Å². The van der Waals surface area contributed by atoms with Gasteiger partial charge in [-0.2, -0.15) is 0 Å². The first-order valence-electron chi connectivity index (χ1n) is 7.93. The molecule has 3 rings (SSSR count). The Hall–Kier alpha value is -3.09. The first-order chi connectivity index (χ1) is 12.0. The fourth-order valence-electron chi connectivity index (χ4n) is 2.65. The van der Waals surface area contributed by atoms with Gasteiger partial charge in [0.05, 0.1) is 19.3 Å². The van der Waals surface area contributed by atoms with Crippen molar-refractivity contribution < 1.29 is 19.1 Å². The van der Waals surface area contributed by atoms with Gasteiger partial charge in [-0.25, -0.2) is 4.79 Å². The van der Waals surface area contributed by atoms with Crippen LogP contribution in [-0.4, -0.2) is 30.2 Å². The number of nitrogens with one attached hydrogen (secondary N) is 2. The summed E-state index contributed by atoms with van der Waals surface area (Å²) in [5.74, 6) is 0.624. The number of rotatable bonds is 4. The zero-order valence-electron chi connectivity index (χ0n) is 14.0. The SMILES string of the molecule is COC(=O)NCc1cc(C(=O)Nc2ccc3c(c2)CC(C)O3)ccn1. The molecule has 1 aromatic carbocycles. The number of carbonyl (C=O) groups excluding carboxylic acids is 2. The lowest BCUT2D eigenvalue weighted by Gasteiger charge is -2.08. The van der Waals surface area contributed by atoms with Crippen molar-refractivity contribution in [3.8, 4) is 5.75 Å². The van der Waals surface area contributed by atoms with E-state index in [-0.39, 0.29) is 18.6 Å². The van der Waals surface area contributed by atoms with Crippen LogP contribution in [0.15, 0.2) is 36.5 Å². The molecule has 2 N–H and O–H groups in total. The number of anilines is 1. The lowest BCUT2D eigenvalue weighted by atomic mass is 10.1. The molecule has 1 atom stereocenters. The van der Waals surface area contributed by atoms with Gasteiger partial charge in [-0.3, -0.25) is 9.78 Å². The molecule has 2 heterocycles. The molecule has 1 aliphatic heterocycles. The topological polar surface area (TPSA) is 89.5 Å². The van der Waals surface area contributed by atoms with Crippen molar-refractivity contribution in [2.75, 3.05) is 12.4 Å². The van der Waals surface area contributed by atoms with Crippen LogP contribution in [0.2, 0.25) is 0 Å². The Bertz CT molecular complexity index is 807. The maximum atomic E-state index is 12.4. The van der Waals surface area contributed by atoms with Crippen LogP contribution in [0.1, 0.15) is 28.5 Å². The zero-order valence-corrected chi connectivity index (χ0v) is 14.0. The highest BCUT2D eigenvalue weighted by Crippen LogP contribution is 2.31. The molecule has 7 heteroatoms. The predicted molar refractivity (Wildman–Crippen MR) is 91.7 cm³/mol.